The Hall–Kier alpha value is -0.877. The predicted octanol–water partition coefficient (Wildman–Crippen LogP) is 0.161. The quantitative estimate of drug-likeness (QED) is 0.466. The van der Waals surface area contributed by atoms with Gasteiger partial charge in [-0.05, 0) is 0 Å². The molecule has 4 rings (SSSR count). The summed E-state index contributed by atoms with van der Waals surface area (Å²) in [6, 6.07) is 19.3. The summed E-state index contributed by atoms with van der Waals surface area (Å²) in [5, 5.41) is 5.39. The maximum absolute atomic E-state index is 3.05. The fourth-order valence-corrected chi connectivity index (χ4v) is 2.40. The second-order valence-electron chi connectivity index (χ2n) is 5.43. The zero-order chi connectivity index (χ0) is 16.5. The van der Waals surface area contributed by atoms with Crippen molar-refractivity contribution < 1.29 is 49.0 Å². The molecule has 25 heavy (non-hydrogen) atoms. The van der Waals surface area contributed by atoms with Crippen molar-refractivity contribution in [3.8, 4) is 0 Å². The number of allylic oxidation sites excluding steroid dienone is 4. The van der Waals surface area contributed by atoms with Crippen LogP contribution >= 0.6 is 0 Å². The molecule has 0 bridgehead atoms. The molecule has 1 aliphatic rings. The van der Waals surface area contributed by atoms with Gasteiger partial charge in [0.25, 0.3) is 0 Å². The first kappa shape index (κ1) is 24.1. The zero-order valence-corrected chi connectivity index (χ0v) is 18.6. The van der Waals surface area contributed by atoms with E-state index in [1.54, 1.807) is 24.2 Å². The standard InChI is InChI=1S/C13H9.C6H7.C3H6.2ClH.Zr/c1-3-7-12-10(5-1)9-11-6-2-4-8-13(11)12;1-6-4-2-3-5-6;1-3-2;;;/h1-9H;4-5H,2H2,1H3;1H,3H2,2H3;2*1H;/q2*-1;;;;+2/p-2. The Morgan fingerprint density at radius 1 is 1.00 bits per heavy atom. The van der Waals surface area contributed by atoms with Crippen LogP contribution in [0, 0.1) is 6.08 Å². The van der Waals surface area contributed by atoms with Crippen LogP contribution in [0.5, 0.6) is 0 Å². The van der Waals surface area contributed by atoms with Crippen LogP contribution in [0.15, 0.2) is 72.3 Å². The van der Waals surface area contributed by atoms with E-state index in [2.05, 4.69) is 84.3 Å². The van der Waals surface area contributed by atoms with Gasteiger partial charge in [0.2, 0.25) is 0 Å². The Morgan fingerprint density at radius 3 is 1.80 bits per heavy atom. The monoisotopic (exact) mass is 446 g/mol. The van der Waals surface area contributed by atoms with E-state index >= 15 is 0 Å². The van der Waals surface area contributed by atoms with Crippen molar-refractivity contribution in [3.05, 3.63) is 78.4 Å². The van der Waals surface area contributed by atoms with Crippen LogP contribution < -0.4 is 24.8 Å². The summed E-state index contributed by atoms with van der Waals surface area (Å²) in [6.45, 7) is 4.23. The van der Waals surface area contributed by atoms with Gasteiger partial charge in [0.15, 0.2) is 0 Å². The smallest absolute Gasteiger partial charge is 0.0771 e. The SMILES string of the molecule is CC1=CC[C-]=C1.CC[CH]=[Zr+2].[Cl-].[Cl-].c1ccc2c(c1)[cH-]c1ccccc12. The number of hydrogen-bond acceptors (Lipinski definition) is 0. The summed E-state index contributed by atoms with van der Waals surface area (Å²) in [4.78, 5) is 0. The molecule has 3 heteroatoms. The Balaban J connectivity index is 0.000000410. The molecule has 3 aromatic carbocycles. The van der Waals surface area contributed by atoms with E-state index in [1.807, 2.05) is 6.08 Å². The van der Waals surface area contributed by atoms with Crippen molar-refractivity contribution in [1.29, 1.82) is 0 Å². The molecular weight excluding hydrogens is 426 g/mol. The van der Waals surface area contributed by atoms with Crippen LogP contribution in [-0.4, -0.2) is 3.71 Å². The van der Waals surface area contributed by atoms with Crippen LogP contribution in [0.1, 0.15) is 26.7 Å². The first-order valence-corrected chi connectivity index (χ1v) is 9.43. The van der Waals surface area contributed by atoms with Crippen molar-refractivity contribution in [3.63, 3.8) is 0 Å². The molecule has 0 saturated carbocycles. The number of fused-ring (bicyclic) bond motifs is 3. The number of rotatable bonds is 1. The average Bonchev–Trinajstić information content (AvgIpc) is 3.22. The normalized spacial score (nSPS) is 11.3. The average molecular weight is 449 g/mol. The molecule has 0 spiro atoms. The minimum atomic E-state index is 0. The van der Waals surface area contributed by atoms with Crippen molar-refractivity contribution >= 4 is 25.3 Å². The molecule has 0 saturated heterocycles. The fourth-order valence-electron chi connectivity index (χ4n) is 2.40. The van der Waals surface area contributed by atoms with Crippen molar-refractivity contribution in [2.24, 2.45) is 0 Å². The van der Waals surface area contributed by atoms with Gasteiger partial charge in [-0.3, -0.25) is 6.08 Å². The molecule has 1 aliphatic carbocycles. The van der Waals surface area contributed by atoms with Crippen LogP contribution in [0.25, 0.3) is 21.5 Å². The van der Waals surface area contributed by atoms with Gasteiger partial charge in [-0.2, -0.15) is 6.08 Å². The second kappa shape index (κ2) is 13.3. The molecule has 3 aromatic rings. The summed E-state index contributed by atoms with van der Waals surface area (Å²) in [5.41, 5.74) is 1.34. The van der Waals surface area contributed by atoms with Crippen molar-refractivity contribution in [2.45, 2.75) is 26.7 Å². The van der Waals surface area contributed by atoms with E-state index < -0.39 is 0 Å². The molecule has 0 nitrogen and oxygen atoms in total. The predicted molar refractivity (Wildman–Crippen MR) is 99.6 cm³/mol. The Kier molecular flexibility index (Phi) is 12.9. The largest absolute Gasteiger partial charge is 1.00 e. The van der Waals surface area contributed by atoms with Crippen LogP contribution in [0.3, 0.4) is 0 Å². The minimum Gasteiger partial charge on any atom is -1.00 e. The van der Waals surface area contributed by atoms with E-state index in [0.717, 1.165) is 6.42 Å². The van der Waals surface area contributed by atoms with Gasteiger partial charge in [-0.1, -0.05) is 36.4 Å². The molecule has 0 heterocycles. The topological polar surface area (TPSA) is 0 Å². The van der Waals surface area contributed by atoms with Gasteiger partial charge >= 0.3 is 41.3 Å². The fraction of sp³-hybridized carbons (Fsp3) is 0.182. The third-order valence-electron chi connectivity index (χ3n) is 3.60. The molecular formula is C22H22Cl2Zr-2. The number of benzene rings is 2. The summed E-state index contributed by atoms with van der Waals surface area (Å²) < 4.78 is 2.22. The van der Waals surface area contributed by atoms with E-state index in [1.165, 1.54) is 33.5 Å². The van der Waals surface area contributed by atoms with E-state index in [4.69, 9.17) is 0 Å². The molecule has 0 fully saturated rings. The van der Waals surface area contributed by atoms with Gasteiger partial charge in [-0.15, -0.1) is 53.1 Å². The minimum absolute atomic E-state index is 0. The van der Waals surface area contributed by atoms with E-state index in [0.29, 0.717) is 0 Å². The number of hydrogen-bond donors (Lipinski definition) is 0. The Morgan fingerprint density at radius 2 is 1.48 bits per heavy atom. The third kappa shape index (κ3) is 7.49. The van der Waals surface area contributed by atoms with Gasteiger partial charge in [0.05, 0.1) is 0 Å². The van der Waals surface area contributed by atoms with Gasteiger partial charge in [0.1, 0.15) is 0 Å². The number of halogens is 2. The third-order valence-corrected chi connectivity index (χ3v) is 4.60. The zero-order valence-electron chi connectivity index (χ0n) is 14.6. The molecule has 0 aromatic heterocycles. The first-order chi connectivity index (χ1) is 11.3. The Labute approximate surface area is 178 Å². The first-order valence-electron chi connectivity index (χ1n) is 8.01. The van der Waals surface area contributed by atoms with Gasteiger partial charge in [-0.25, -0.2) is 11.6 Å². The molecule has 0 amide bonds. The van der Waals surface area contributed by atoms with Crippen molar-refractivity contribution in [1.82, 2.24) is 0 Å². The summed E-state index contributed by atoms with van der Waals surface area (Å²) in [7, 11) is 0. The molecule has 0 radical (unpaired) electrons. The van der Waals surface area contributed by atoms with Crippen LogP contribution in [0.2, 0.25) is 0 Å². The molecule has 0 aliphatic heterocycles. The maximum Gasteiger partial charge on any atom is -0.0771 e. The van der Waals surface area contributed by atoms with Crippen LogP contribution in [-0.2, 0) is 24.2 Å². The molecule has 0 N–H and O–H groups in total. The molecule has 0 unspecified atom stereocenters. The van der Waals surface area contributed by atoms with Crippen LogP contribution in [0.4, 0.5) is 0 Å². The second-order valence-corrected chi connectivity index (χ2v) is 6.44. The van der Waals surface area contributed by atoms with E-state index in [9.17, 15) is 0 Å². The summed E-state index contributed by atoms with van der Waals surface area (Å²) >= 11 is 1.54. The Bertz CT molecular complexity index is 775. The van der Waals surface area contributed by atoms with Gasteiger partial charge in [0, 0.05) is 0 Å². The van der Waals surface area contributed by atoms with Gasteiger partial charge < -0.3 is 24.8 Å². The molecule has 0 atom stereocenters. The maximum atomic E-state index is 3.05. The molecule has 130 valence electrons. The summed E-state index contributed by atoms with van der Waals surface area (Å²) in [6.07, 6.45) is 9.48. The van der Waals surface area contributed by atoms with E-state index in [-0.39, 0.29) is 24.8 Å². The van der Waals surface area contributed by atoms with Crippen molar-refractivity contribution in [2.75, 3.05) is 0 Å². The summed E-state index contributed by atoms with van der Waals surface area (Å²) in [5.74, 6) is 0.